The van der Waals surface area contributed by atoms with Gasteiger partial charge in [-0.05, 0) is 43.5 Å². The molecule has 6 heteroatoms. The minimum absolute atomic E-state index is 0.234. The topological polar surface area (TPSA) is 41.1 Å². The van der Waals surface area contributed by atoms with Crippen molar-refractivity contribution in [1.29, 1.82) is 0 Å². The molecule has 4 rings (SSSR count). The van der Waals surface area contributed by atoms with Crippen molar-refractivity contribution in [2.45, 2.75) is 18.9 Å². The summed E-state index contributed by atoms with van der Waals surface area (Å²) in [6.45, 7) is 3.52. The molecule has 17 heavy (non-hydrogen) atoms. The van der Waals surface area contributed by atoms with Crippen molar-refractivity contribution in [3.8, 4) is 0 Å². The highest BCUT2D eigenvalue weighted by molar-refractivity contribution is 6.33. The van der Waals surface area contributed by atoms with Gasteiger partial charge in [-0.25, -0.2) is 4.98 Å². The Morgan fingerprint density at radius 1 is 1.29 bits per heavy atom. The summed E-state index contributed by atoms with van der Waals surface area (Å²) in [5.74, 6) is 1.38. The molecule has 92 valence electrons. The van der Waals surface area contributed by atoms with Crippen LogP contribution in [0.4, 0.5) is 5.82 Å². The Hall–Kier alpha value is -0.580. The van der Waals surface area contributed by atoms with Crippen LogP contribution in [0.5, 0.6) is 0 Å². The lowest BCUT2D eigenvalue weighted by atomic mass is 9.84. The minimum Gasteiger partial charge on any atom is -0.364 e. The van der Waals surface area contributed by atoms with Gasteiger partial charge in [0.2, 0.25) is 5.28 Å². The molecule has 0 spiro atoms. The van der Waals surface area contributed by atoms with Crippen LogP contribution in [-0.4, -0.2) is 40.5 Å². The molecule has 1 N–H and O–H groups in total. The molecule has 1 atom stereocenters. The molecule has 0 aromatic carbocycles. The van der Waals surface area contributed by atoms with Crippen molar-refractivity contribution in [1.82, 2.24) is 14.9 Å². The molecule has 3 saturated heterocycles. The van der Waals surface area contributed by atoms with Crippen molar-refractivity contribution in [3.05, 3.63) is 16.5 Å². The van der Waals surface area contributed by atoms with Crippen LogP contribution in [0.2, 0.25) is 10.3 Å². The van der Waals surface area contributed by atoms with Crippen LogP contribution in [0.3, 0.4) is 0 Å². The molecular formula is C11H14Cl2N4. The van der Waals surface area contributed by atoms with Gasteiger partial charge in [-0.1, -0.05) is 11.6 Å². The lowest BCUT2D eigenvalue weighted by Crippen LogP contribution is -2.53. The number of fused-ring (bicyclic) bond motifs is 3. The van der Waals surface area contributed by atoms with Gasteiger partial charge in [0, 0.05) is 12.6 Å². The van der Waals surface area contributed by atoms with Crippen LogP contribution >= 0.6 is 23.2 Å². The van der Waals surface area contributed by atoms with E-state index >= 15 is 0 Å². The molecule has 1 aromatic heterocycles. The van der Waals surface area contributed by atoms with E-state index in [0.717, 1.165) is 12.5 Å². The van der Waals surface area contributed by atoms with Gasteiger partial charge in [0.1, 0.15) is 10.8 Å². The van der Waals surface area contributed by atoms with E-state index in [1.807, 2.05) is 0 Å². The van der Waals surface area contributed by atoms with Crippen molar-refractivity contribution in [3.63, 3.8) is 0 Å². The molecule has 2 bridgehead atoms. The van der Waals surface area contributed by atoms with Crippen molar-refractivity contribution in [2.24, 2.45) is 5.92 Å². The Bertz CT molecular complexity index is 418. The van der Waals surface area contributed by atoms with E-state index in [1.165, 1.54) is 25.9 Å². The first-order valence-electron chi connectivity index (χ1n) is 5.89. The Kier molecular flexibility index (Phi) is 3.11. The predicted molar refractivity (Wildman–Crippen MR) is 68.6 cm³/mol. The number of hydrogen-bond acceptors (Lipinski definition) is 4. The Labute approximate surface area is 110 Å². The largest absolute Gasteiger partial charge is 0.364 e. The lowest BCUT2D eigenvalue weighted by Gasteiger charge is -2.45. The number of rotatable bonds is 2. The zero-order valence-electron chi connectivity index (χ0n) is 9.37. The van der Waals surface area contributed by atoms with Gasteiger partial charge < -0.3 is 10.2 Å². The summed E-state index contributed by atoms with van der Waals surface area (Å²) in [7, 11) is 0. The molecular weight excluding hydrogens is 259 g/mol. The van der Waals surface area contributed by atoms with Crippen molar-refractivity contribution in [2.75, 3.05) is 25.0 Å². The second-order valence-electron chi connectivity index (χ2n) is 4.72. The first kappa shape index (κ1) is 11.5. The average molecular weight is 273 g/mol. The molecule has 4 heterocycles. The number of hydrogen-bond donors (Lipinski definition) is 1. The van der Waals surface area contributed by atoms with E-state index < -0.39 is 0 Å². The van der Waals surface area contributed by atoms with E-state index in [4.69, 9.17) is 23.2 Å². The van der Waals surface area contributed by atoms with Crippen LogP contribution in [0.25, 0.3) is 0 Å². The number of anilines is 1. The van der Waals surface area contributed by atoms with Gasteiger partial charge in [0.05, 0.1) is 6.20 Å². The molecule has 3 aliphatic rings. The average Bonchev–Trinajstić information content (AvgIpc) is 2.35. The van der Waals surface area contributed by atoms with E-state index in [-0.39, 0.29) is 5.28 Å². The van der Waals surface area contributed by atoms with Gasteiger partial charge in [-0.2, -0.15) is 4.98 Å². The van der Waals surface area contributed by atoms with E-state index in [9.17, 15) is 0 Å². The zero-order chi connectivity index (χ0) is 11.8. The van der Waals surface area contributed by atoms with Gasteiger partial charge >= 0.3 is 0 Å². The van der Waals surface area contributed by atoms with E-state index in [1.54, 1.807) is 6.20 Å². The fraction of sp³-hybridized carbons (Fsp3) is 0.636. The summed E-state index contributed by atoms with van der Waals surface area (Å²) in [6.07, 6.45) is 4.06. The van der Waals surface area contributed by atoms with Gasteiger partial charge in [-0.3, -0.25) is 0 Å². The summed E-state index contributed by atoms with van der Waals surface area (Å²) in [5.41, 5.74) is 0. The zero-order valence-corrected chi connectivity index (χ0v) is 10.9. The highest BCUT2D eigenvalue weighted by Gasteiger charge is 2.34. The third kappa shape index (κ3) is 2.34. The van der Waals surface area contributed by atoms with Crippen LogP contribution in [0, 0.1) is 5.92 Å². The Morgan fingerprint density at radius 3 is 2.71 bits per heavy atom. The normalized spacial score (nSPS) is 31.5. The summed E-state index contributed by atoms with van der Waals surface area (Å²) >= 11 is 11.8. The summed E-state index contributed by atoms with van der Waals surface area (Å²) in [4.78, 5) is 10.5. The van der Waals surface area contributed by atoms with Crippen molar-refractivity contribution < 1.29 is 0 Å². The fourth-order valence-electron chi connectivity index (χ4n) is 2.75. The highest BCUT2D eigenvalue weighted by atomic mass is 35.5. The second kappa shape index (κ2) is 4.59. The maximum atomic E-state index is 6.06. The first-order chi connectivity index (χ1) is 8.22. The molecule has 3 fully saturated rings. The molecule has 3 aliphatic heterocycles. The SMILES string of the molecule is Clc1ncc(Cl)c(NC2CN3CCC2CC3)n1. The molecule has 0 saturated carbocycles. The monoisotopic (exact) mass is 272 g/mol. The first-order valence-corrected chi connectivity index (χ1v) is 6.65. The highest BCUT2D eigenvalue weighted by Crippen LogP contribution is 2.31. The molecule has 4 nitrogen and oxygen atoms in total. The van der Waals surface area contributed by atoms with Crippen molar-refractivity contribution >= 4 is 29.0 Å². The van der Waals surface area contributed by atoms with E-state index in [0.29, 0.717) is 16.9 Å². The number of halogens is 2. The Morgan fingerprint density at radius 2 is 2.06 bits per heavy atom. The summed E-state index contributed by atoms with van der Waals surface area (Å²) in [6, 6.07) is 0.431. The van der Waals surface area contributed by atoms with Gasteiger partial charge in [-0.15, -0.1) is 0 Å². The van der Waals surface area contributed by atoms with Crippen LogP contribution in [0.1, 0.15) is 12.8 Å². The minimum atomic E-state index is 0.234. The molecule has 1 unspecified atom stereocenters. The fourth-order valence-corrected chi connectivity index (χ4v) is 3.03. The third-order valence-electron chi connectivity index (χ3n) is 3.69. The lowest BCUT2D eigenvalue weighted by molar-refractivity contribution is 0.0974. The molecule has 0 aliphatic carbocycles. The number of piperidine rings is 3. The van der Waals surface area contributed by atoms with Crippen LogP contribution < -0.4 is 5.32 Å². The summed E-state index contributed by atoms with van der Waals surface area (Å²) in [5, 5.41) is 4.18. The molecule has 0 radical (unpaired) electrons. The number of nitrogens with one attached hydrogen (secondary N) is 1. The Balaban J connectivity index is 1.76. The smallest absolute Gasteiger partial charge is 0.224 e. The molecule has 0 amide bonds. The molecule has 1 aromatic rings. The second-order valence-corrected chi connectivity index (χ2v) is 5.47. The van der Waals surface area contributed by atoms with Gasteiger partial charge in [0.25, 0.3) is 0 Å². The number of nitrogens with zero attached hydrogens (tertiary/aromatic N) is 3. The van der Waals surface area contributed by atoms with Gasteiger partial charge in [0.15, 0.2) is 0 Å². The van der Waals surface area contributed by atoms with E-state index in [2.05, 4.69) is 20.2 Å². The maximum Gasteiger partial charge on any atom is 0.224 e. The standard InChI is InChI=1S/C11H14Cl2N4/c12-8-5-14-11(13)16-10(8)15-9-6-17-3-1-7(9)2-4-17/h5,7,9H,1-4,6H2,(H,14,15,16). The van der Waals surface area contributed by atoms with Crippen LogP contribution in [-0.2, 0) is 0 Å². The maximum absolute atomic E-state index is 6.06. The quantitative estimate of drug-likeness (QED) is 0.839. The number of aromatic nitrogens is 2. The third-order valence-corrected chi connectivity index (χ3v) is 4.15. The predicted octanol–water partition coefficient (Wildman–Crippen LogP) is 2.29. The summed E-state index contributed by atoms with van der Waals surface area (Å²) < 4.78 is 0. The van der Waals surface area contributed by atoms with Crippen LogP contribution in [0.15, 0.2) is 6.20 Å².